The van der Waals surface area contributed by atoms with Crippen LogP contribution in [0.4, 0.5) is 0 Å². The highest BCUT2D eigenvalue weighted by molar-refractivity contribution is 5.70. The number of carbonyl (C=O) groups is 3. The lowest BCUT2D eigenvalue weighted by Crippen LogP contribution is -2.44. The van der Waals surface area contributed by atoms with Crippen LogP contribution in [0.25, 0.3) is 0 Å². The van der Waals surface area contributed by atoms with Gasteiger partial charge >= 0.3 is 11.9 Å². The molecule has 0 aromatic rings. The molecule has 0 saturated heterocycles. The van der Waals surface area contributed by atoms with Crippen LogP contribution < -0.4 is 5.11 Å². The topological polar surface area (TPSA) is 111 Å². The third kappa shape index (κ3) is 61.7. The van der Waals surface area contributed by atoms with Crippen molar-refractivity contribution < 1.29 is 42.9 Å². The number of aliphatic carboxylic acids is 1. The van der Waals surface area contributed by atoms with Crippen LogP contribution in [-0.4, -0.2) is 82.3 Å². The third-order valence-corrected chi connectivity index (χ3v) is 13.8. The maximum Gasteiger partial charge on any atom is 0.306 e. The van der Waals surface area contributed by atoms with Crippen molar-refractivity contribution in [3.8, 4) is 0 Å². The first-order valence-electron chi connectivity index (χ1n) is 32.4. The van der Waals surface area contributed by atoms with Gasteiger partial charge in [-0.05, 0) is 96.3 Å². The summed E-state index contributed by atoms with van der Waals surface area (Å²) in [6.45, 7) is 4.63. The van der Waals surface area contributed by atoms with Gasteiger partial charge in [0.1, 0.15) is 13.2 Å². The van der Waals surface area contributed by atoms with E-state index < -0.39 is 24.3 Å². The van der Waals surface area contributed by atoms with Gasteiger partial charge < -0.3 is 33.3 Å². The highest BCUT2D eigenvalue weighted by Crippen LogP contribution is 2.16. The fourth-order valence-electron chi connectivity index (χ4n) is 8.87. The molecule has 454 valence electrons. The fourth-order valence-corrected chi connectivity index (χ4v) is 8.87. The number of hydrogen-bond donors (Lipinski definition) is 0. The summed E-state index contributed by atoms with van der Waals surface area (Å²) < 4.78 is 22.8. The number of carboxylic acids is 1. The van der Waals surface area contributed by atoms with Crippen LogP contribution in [0.5, 0.6) is 0 Å². The summed E-state index contributed by atoms with van der Waals surface area (Å²) in [4.78, 5) is 37.4. The molecular weight excluding hydrogens is 983 g/mol. The predicted octanol–water partition coefficient (Wildman–Crippen LogP) is 18.4. The van der Waals surface area contributed by atoms with Crippen molar-refractivity contribution in [2.75, 3.05) is 47.5 Å². The second-order valence-corrected chi connectivity index (χ2v) is 22.7. The van der Waals surface area contributed by atoms with Crippen LogP contribution in [-0.2, 0) is 33.3 Å². The molecule has 0 aliphatic carbocycles. The molecule has 0 radical (unpaired) electrons. The lowest BCUT2D eigenvalue weighted by molar-refractivity contribution is -0.870. The first-order valence-corrected chi connectivity index (χ1v) is 32.4. The van der Waals surface area contributed by atoms with Crippen LogP contribution in [0, 0.1) is 0 Å². The van der Waals surface area contributed by atoms with Gasteiger partial charge in [-0.1, -0.05) is 259 Å². The number of allylic oxidation sites excluding steroid dienone is 16. The van der Waals surface area contributed by atoms with Crippen LogP contribution in [0.2, 0.25) is 0 Å². The molecular formula is C70H121NO8. The molecule has 79 heavy (non-hydrogen) atoms. The van der Waals surface area contributed by atoms with Crippen LogP contribution in [0.15, 0.2) is 97.2 Å². The second-order valence-electron chi connectivity index (χ2n) is 22.7. The maximum absolute atomic E-state index is 12.9. The summed E-state index contributed by atoms with van der Waals surface area (Å²) in [6, 6.07) is 0. The van der Waals surface area contributed by atoms with Gasteiger partial charge in [0.05, 0.1) is 40.3 Å². The summed E-state index contributed by atoms with van der Waals surface area (Å²) in [5.41, 5.74) is 0. The largest absolute Gasteiger partial charge is 0.545 e. The third-order valence-electron chi connectivity index (χ3n) is 13.8. The molecule has 2 atom stereocenters. The first kappa shape index (κ1) is 75.2. The number of hydrogen-bond acceptors (Lipinski definition) is 8. The molecule has 0 fully saturated rings. The molecule has 0 N–H and O–H groups in total. The van der Waals surface area contributed by atoms with E-state index in [0.717, 1.165) is 96.3 Å². The smallest absolute Gasteiger partial charge is 0.306 e. The number of carbonyl (C=O) groups excluding carboxylic acids is 3. The minimum atomic E-state index is -1.63. The SMILES string of the molecule is CC/C=C\C/C=C\C/C=C\C/C=C\C/C=C\CCCCCCCCCCCCCCCCCC(=O)OC(COC(=O)CCCCCCCCCC/C=C\C/C=C\C/C=C\CCCCCCC)COC(OCC[N+](C)(C)C)C(=O)[O-]. The number of esters is 2. The van der Waals surface area contributed by atoms with Gasteiger partial charge in [0.2, 0.25) is 0 Å². The van der Waals surface area contributed by atoms with E-state index in [4.69, 9.17) is 18.9 Å². The van der Waals surface area contributed by atoms with Crippen molar-refractivity contribution in [3.63, 3.8) is 0 Å². The van der Waals surface area contributed by atoms with Crippen LogP contribution >= 0.6 is 0 Å². The Balaban J connectivity index is 4.18. The Morgan fingerprint density at radius 3 is 1.08 bits per heavy atom. The molecule has 0 saturated carbocycles. The standard InChI is InChI=1S/C70H121NO8/c1-6-8-10-12-14-16-18-20-22-24-26-28-30-31-32-33-34-35-36-37-39-41-43-45-47-49-51-53-55-57-59-61-68(73)79-66(65-78-70(69(74)75)76-63-62-71(3,4)5)64-77-67(72)60-58-56-54-52-50-48-46-44-42-40-38-29-27-25-23-21-19-17-15-13-11-9-7-2/h8,10,14,16,19-22,25-28,31-32,38,40,66,70H,6-7,9,11-13,15,17-18,23-24,29-30,33-37,39,41-65H2,1-5H3/b10-8-,16-14-,21-19-,22-20-,27-25-,28-26-,32-31-,40-38-. The Bertz CT molecular complexity index is 1620. The summed E-state index contributed by atoms with van der Waals surface area (Å²) in [7, 11) is 5.92. The monoisotopic (exact) mass is 1100 g/mol. The quantitative estimate of drug-likeness (QED) is 0.0195. The van der Waals surface area contributed by atoms with Gasteiger partial charge in [0.15, 0.2) is 12.4 Å². The number of quaternary nitrogens is 1. The Labute approximate surface area is 486 Å². The normalized spacial score (nSPS) is 13.4. The molecule has 0 aliphatic heterocycles. The Morgan fingerprint density at radius 1 is 0.392 bits per heavy atom. The molecule has 0 rings (SSSR count). The Kier molecular flexibility index (Phi) is 57.4. The minimum absolute atomic E-state index is 0.143. The van der Waals surface area contributed by atoms with Gasteiger partial charge in [-0.15, -0.1) is 0 Å². The lowest BCUT2D eigenvalue weighted by Gasteiger charge is -2.26. The van der Waals surface area contributed by atoms with E-state index in [2.05, 4.69) is 111 Å². The van der Waals surface area contributed by atoms with Crippen molar-refractivity contribution in [2.24, 2.45) is 0 Å². The van der Waals surface area contributed by atoms with Crippen LogP contribution in [0.1, 0.15) is 271 Å². The maximum atomic E-state index is 12.9. The van der Waals surface area contributed by atoms with Gasteiger partial charge in [-0.2, -0.15) is 0 Å². The minimum Gasteiger partial charge on any atom is -0.545 e. The van der Waals surface area contributed by atoms with Crippen molar-refractivity contribution in [2.45, 2.75) is 283 Å². The summed E-state index contributed by atoms with van der Waals surface area (Å²) in [6.07, 6.45) is 78.9. The van der Waals surface area contributed by atoms with Gasteiger partial charge in [0.25, 0.3) is 0 Å². The zero-order valence-electron chi connectivity index (χ0n) is 51.7. The van der Waals surface area contributed by atoms with E-state index in [9.17, 15) is 19.5 Å². The zero-order valence-corrected chi connectivity index (χ0v) is 51.7. The molecule has 9 nitrogen and oxygen atoms in total. The van der Waals surface area contributed by atoms with E-state index in [-0.39, 0.29) is 38.6 Å². The molecule has 2 unspecified atom stereocenters. The lowest BCUT2D eigenvalue weighted by atomic mass is 10.0. The predicted molar refractivity (Wildman–Crippen MR) is 334 cm³/mol. The second kappa shape index (κ2) is 60.3. The van der Waals surface area contributed by atoms with Crippen molar-refractivity contribution in [1.29, 1.82) is 0 Å². The first-order chi connectivity index (χ1) is 38.6. The van der Waals surface area contributed by atoms with Crippen molar-refractivity contribution in [1.82, 2.24) is 0 Å². The molecule has 0 aromatic heterocycles. The van der Waals surface area contributed by atoms with Gasteiger partial charge in [0, 0.05) is 12.8 Å². The van der Waals surface area contributed by atoms with E-state index in [1.165, 1.54) is 141 Å². The molecule has 0 aromatic carbocycles. The van der Waals surface area contributed by atoms with Crippen molar-refractivity contribution in [3.05, 3.63) is 97.2 Å². The van der Waals surface area contributed by atoms with Gasteiger partial charge in [-0.25, -0.2) is 0 Å². The summed E-state index contributed by atoms with van der Waals surface area (Å²) in [5.74, 6) is -2.29. The van der Waals surface area contributed by atoms with Gasteiger partial charge in [-0.3, -0.25) is 9.59 Å². The van der Waals surface area contributed by atoms with E-state index in [1.807, 2.05) is 21.1 Å². The Hall–Kier alpha value is -3.79. The summed E-state index contributed by atoms with van der Waals surface area (Å²) >= 11 is 0. The number of rotatable bonds is 59. The number of likely N-dealkylation sites (N-methyl/N-ethyl adjacent to an activating group) is 1. The number of carboxylic acid groups (broad SMARTS) is 1. The molecule has 0 spiro atoms. The molecule has 0 aliphatic rings. The molecule has 0 heterocycles. The highest BCUT2D eigenvalue weighted by atomic mass is 16.7. The number of nitrogens with zero attached hydrogens (tertiary/aromatic N) is 1. The fraction of sp³-hybridized carbons (Fsp3) is 0.729. The average Bonchev–Trinajstić information content (AvgIpc) is 3.42. The van der Waals surface area contributed by atoms with E-state index >= 15 is 0 Å². The number of unbranched alkanes of at least 4 members (excludes halogenated alkanes) is 28. The zero-order chi connectivity index (χ0) is 57.6. The van der Waals surface area contributed by atoms with E-state index in [1.54, 1.807) is 0 Å². The average molecular weight is 1100 g/mol. The molecule has 9 heteroatoms. The van der Waals surface area contributed by atoms with Crippen LogP contribution in [0.3, 0.4) is 0 Å². The molecule has 0 amide bonds. The highest BCUT2D eigenvalue weighted by Gasteiger charge is 2.22. The van der Waals surface area contributed by atoms with E-state index in [0.29, 0.717) is 17.4 Å². The summed E-state index contributed by atoms with van der Waals surface area (Å²) in [5, 5.41) is 11.8. The molecule has 0 bridgehead atoms. The Morgan fingerprint density at radius 2 is 0.722 bits per heavy atom. The number of ether oxygens (including phenoxy) is 4. The van der Waals surface area contributed by atoms with Crippen molar-refractivity contribution >= 4 is 17.9 Å².